The van der Waals surface area contributed by atoms with Crippen LogP contribution in [-0.2, 0) is 32.6 Å². The monoisotopic (exact) mass is 667 g/mol. The zero-order chi connectivity index (χ0) is 30.3. The summed E-state index contributed by atoms with van der Waals surface area (Å²) >= 11 is 9.49. The first-order valence-electron chi connectivity index (χ1n) is 13.2. The Morgan fingerprint density at radius 1 is 0.857 bits per heavy atom. The van der Waals surface area contributed by atoms with Gasteiger partial charge >= 0.3 is 0 Å². The third-order valence-electron chi connectivity index (χ3n) is 6.79. The van der Waals surface area contributed by atoms with Gasteiger partial charge in [0.25, 0.3) is 10.0 Å². The summed E-state index contributed by atoms with van der Waals surface area (Å²) in [5, 5.41) is 3.21. The highest BCUT2D eigenvalue weighted by Gasteiger charge is 2.34. The number of nitrogens with one attached hydrogen (secondary N) is 1. The van der Waals surface area contributed by atoms with E-state index in [4.69, 9.17) is 11.6 Å². The summed E-state index contributed by atoms with van der Waals surface area (Å²) in [6.45, 7) is 1.42. The van der Waals surface area contributed by atoms with Crippen molar-refractivity contribution in [2.24, 2.45) is 0 Å². The molecule has 0 radical (unpaired) electrons. The van der Waals surface area contributed by atoms with Crippen molar-refractivity contribution >= 4 is 55.1 Å². The Kier molecular flexibility index (Phi) is 10.4. The van der Waals surface area contributed by atoms with Crippen molar-refractivity contribution in [3.05, 3.63) is 129 Å². The maximum absolute atomic E-state index is 14.3. The minimum absolute atomic E-state index is 0.0557. The first-order chi connectivity index (χ1) is 20.1. The highest BCUT2D eigenvalue weighted by molar-refractivity contribution is 9.10. The van der Waals surface area contributed by atoms with E-state index in [2.05, 4.69) is 21.2 Å². The topological polar surface area (TPSA) is 86.8 Å². The fourth-order valence-corrected chi connectivity index (χ4v) is 6.29. The van der Waals surface area contributed by atoms with Gasteiger partial charge in [-0.3, -0.25) is 13.9 Å². The molecule has 0 saturated heterocycles. The number of likely N-dealkylation sites (N-methyl/N-ethyl adjacent to an activating group) is 1. The van der Waals surface area contributed by atoms with Crippen LogP contribution in [0.2, 0.25) is 5.02 Å². The summed E-state index contributed by atoms with van der Waals surface area (Å²) in [5.74, 6) is -0.897. The standard InChI is InChI=1S/C32H31BrClN3O4S/c1-23-8-18-29(19-9-23)42(40,41)37(28-16-12-26(33)13-17-28)22-31(38)36(21-25-10-14-27(34)15-11-25)30(32(39)35-2)20-24-6-4-3-5-7-24/h3-19,30H,20-22H2,1-2H3,(H,35,39)/t30-/m1/s1. The van der Waals surface area contributed by atoms with Crippen LogP contribution >= 0.6 is 27.5 Å². The Balaban J connectivity index is 1.77. The molecule has 0 bridgehead atoms. The van der Waals surface area contributed by atoms with Crippen molar-refractivity contribution in [2.75, 3.05) is 17.9 Å². The van der Waals surface area contributed by atoms with Crippen LogP contribution < -0.4 is 9.62 Å². The Morgan fingerprint density at radius 3 is 2.07 bits per heavy atom. The number of rotatable bonds is 11. The molecule has 0 fully saturated rings. The van der Waals surface area contributed by atoms with Gasteiger partial charge in [-0.2, -0.15) is 0 Å². The fourth-order valence-electron chi connectivity index (χ4n) is 4.48. The zero-order valence-corrected chi connectivity index (χ0v) is 26.4. The second-order valence-electron chi connectivity index (χ2n) is 9.77. The highest BCUT2D eigenvalue weighted by atomic mass is 79.9. The molecule has 1 N–H and O–H groups in total. The number of anilines is 1. The van der Waals surface area contributed by atoms with Crippen LogP contribution in [0.25, 0.3) is 0 Å². The molecule has 1 atom stereocenters. The molecule has 42 heavy (non-hydrogen) atoms. The fraction of sp³-hybridized carbons (Fsp3) is 0.188. The van der Waals surface area contributed by atoms with Gasteiger partial charge in [-0.25, -0.2) is 8.42 Å². The number of benzene rings is 4. The van der Waals surface area contributed by atoms with Crippen LogP contribution in [0, 0.1) is 6.92 Å². The number of aryl methyl sites for hydroxylation is 1. The highest BCUT2D eigenvalue weighted by Crippen LogP contribution is 2.27. The summed E-state index contributed by atoms with van der Waals surface area (Å²) in [4.78, 5) is 29.0. The molecule has 4 rings (SSSR count). The molecular weight excluding hydrogens is 638 g/mol. The third kappa shape index (κ3) is 7.79. The van der Waals surface area contributed by atoms with E-state index in [1.807, 2.05) is 37.3 Å². The molecular formula is C32H31BrClN3O4S. The van der Waals surface area contributed by atoms with Crippen molar-refractivity contribution in [1.82, 2.24) is 10.2 Å². The van der Waals surface area contributed by atoms with E-state index in [1.165, 1.54) is 24.1 Å². The predicted molar refractivity (Wildman–Crippen MR) is 170 cm³/mol. The van der Waals surface area contributed by atoms with Crippen LogP contribution in [-0.4, -0.2) is 44.8 Å². The molecule has 0 aliphatic carbocycles. The Hall–Kier alpha value is -3.66. The van der Waals surface area contributed by atoms with Gasteiger partial charge in [-0.1, -0.05) is 87.7 Å². The minimum atomic E-state index is -4.15. The number of halogens is 2. The van der Waals surface area contributed by atoms with Crippen molar-refractivity contribution in [3.63, 3.8) is 0 Å². The van der Waals surface area contributed by atoms with E-state index < -0.39 is 28.5 Å². The van der Waals surface area contributed by atoms with Gasteiger partial charge in [0.15, 0.2) is 0 Å². The number of sulfonamides is 1. The average molecular weight is 669 g/mol. The average Bonchev–Trinajstić information content (AvgIpc) is 2.99. The van der Waals surface area contributed by atoms with E-state index in [9.17, 15) is 18.0 Å². The predicted octanol–water partition coefficient (Wildman–Crippen LogP) is 5.99. The van der Waals surface area contributed by atoms with Gasteiger partial charge in [0, 0.05) is 29.5 Å². The zero-order valence-electron chi connectivity index (χ0n) is 23.2. The number of amides is 2. The van der Waals surface area contributed by atoms with Gasteiger partial charge < -0.3 is 10.2 Å². The molecule has 0 unspecified atom stereocenters. The lowest BCUT2D eigenvalue weighted by atomic mass is 10.0. The lowest BCUT2D eigenvalue weighted by molar-refractivity contribution is -0.139. The van der Waals surface area contributed by atoms with Crippen molar-refractivity contribution in [2.45, 2.75) is 30.8 Å². The van der Waals surface area contributed by atoms with Crippen molar-refractivity contribution < 1.29 is 18.0 Å². The third-order valence-corrected chi connectivity index (χ3v) is 9.35. The van der Waals surface area contributed by atoms with Crippen molar-refractivity contribution in [1.29, 1.82) is 0 Å². The first-order valence-corrected chi connectivity index (χ1v) is 15.8. The normalized spacial score (nSPS) is 11.9. The van der Waals surface area contributed by atoms with Crippen LogP contribution in [0.5, 0.6) is 0 Å². The molecule has 0 spiro atoms. The van der Waals surface area contributed by atoms with E-state index >= 15 is 0 Å². The summed E-state index contributed by atoms with van der Waals surface area (Å²) in [6.07, 6.45) is 0.239. The lowest BCUT2D eigenvalue weighted by Crippen LogP contribution is -2.53. The van der Waals surface area contributed by atoms with E-state index in [1.54, 1.807) is 60.7 Å². The number of hydrogen-bond donors (Lipinski definition) is 1. The number of carbonyl (C=O) groups is 2. The molecule has 4 aromatic rings. The van der Waals surface area contributed by atoms with Crippen LogP contribution in [0.4, 0.5) is 5.69 Å². The summed E-state index contributed by atoms with van der Waals surface area (Å²) in [7, 11) is -2.63. The van der Waals surface area contributed by atoms with E-state index in [-0.39, 0.29) is 23.8 Å². The number of carbonyl (C=O) groups excluding carboxylic acids is 2. The molecule has 218 valence electrons. The largest absolute Gasteiger partial charge is 0.357 e. The SMILES string of the molecule is CNC(=O)[C@@H](Cc1ccccc1)N(Cc1ccc(Cl)cc1)C(=O)CN(c1ccc(Br)cc1)S(=O)(=O)c1ccc(C)cc1. The van der Waals surface area contributed by atoms with E-state index in [0.29, 0.717) is 10.7 Å². The molecule has 0 aliphatic heterocycles. The molecule has 0 aromatic heterocycles. The molecule has 0 heterocycles. The second-order valence-corrected chi connectivity index (χ2v) is 13.0. The second kappa shape index (κ2) is 14.0. The minimum Gasteiger partial charge on any atom is -0.357 e. The summed E-state index contributed by atoms with van der Waals surface area (Å²) in [6, 6.07) is 28.6. The molecule has 4 aromatic carbocycles. The Labute approximate surface area is 260 Å². The number of nitrogens with zero attached hydrogens (tertiary/aromatic N) is 2. The van der Waals surface area contributed by atoms with Gasteiger partial charge in [-0.15, -0.1) is 0 Å². The van der Waals surface area contributed by atoms with Crippen molar-refractivity contribution in [3.8, 4) is 0 Å². The first kappa shape index (κ1) is 31.3. The van der Waals surface area contributed by atoms with Gasteiger partial charge in [0.05, 0.1) is 10.6 Å². The van der Waals surface area contributed by atoms with Crippen LogP contribution in [0.15, 0.2) is 112 Å². The van der Waals surface area contributed by atoms with Crippen LogP contribution in [0.1, 0.15) is 16.7 Å². The van der Waals surface area contributed by atoms with E-state index in [0.717, 1.165) is 25.5 Å². The lowest BCUT2D eigenvalue weighted by Gasteiger charge is -2.33. The molecule has 7 nitrogen and oxygen atoms in total. The quantitative estimate of drug-likeness (QED) is 0.213. The maximum atomic E-state index is 14.3. The molecule has 0 saturated carbocycles. The summed E-state index contributed by atoms with van der Waals surface area (Å²) < 4.78 is 29.8. The molecule has 0 aliphatic rings. The van der Waals surface area contributed by atoms with Gasteiger partial charge in [-0.05, 0) is 66.6 Å². The maximum Gasteiger partial charge on any atom is 0.264 e. The van der Waals surface area contributed by atoms with Gasteiger partial charge in [0.2, 0.25) is 11.8 Å². The van der Waals surface area contributed by atoms with Gasteiger partial charge in [0.1, 0.15) is 12.6 Å². The smallest absolute Gasteiger partial charge is 0.264 e. The van der Waals surface area contributed by atoms with Crippen LogP contribution in [0.3, 0.4) is 0 Å². The molecule has 10 heteroatoms. The Bertz CT molecular complexity index is 1620. The number of hydrogen-bond acceptors (Lipinski definition) is 4. The Morgan fingerprint density at radius 2 is 1.48 bits per heavy atom. The molecule has 2 amide bonds. The summed E-state index contributed by atoms with van der Waals surface area (Å²) in [5.41, 5.74) is 2.82.